The van der Waals surface area contributed by atoms with Gasteiger partial charge in [-0.15, -0.1) is 0 Å². The maximum Gasteiger partial charge on any atom is 0.251 e. The first-order valence-electron chi connectivity index (χ1n) is 5.61. The molecular weight excluding hydrogens is 238 g/mol. The predicted molar refractivity (Wildman–Crippen MR) is 67.4 cm³/mol. The lowest BCUT2D eigenvalue weighted by Gasteiger charge is -2.19. The first kappa shape index (κ1) is 12.0. The van der Waals surface area contributed by atoms with Crippen LogP contribution in [0.25, 0.3) is 0 Å². The Morgan fingerprint density at radius 1 is 1.41 bits per heavy atom. The molecule has 1 unspecified atom stereocenters. The van der Waals surface area contributed by atoms with Crippen molar-refractivity contribution in [3.63, 3.8) is 0 Å². The van der Waals surface area contributed by atoms with Crippen LogP contribution in [0.2, 0.25) is 5.02 Å². The number of aromatic hydroxyl groups is 1. The molecular formula is C13H14ClNO2. The molecule has 1 aromatic rings. The van der Waals surface area contributed by atoms with Crippen LogP contribution >= 0.6 is 11.6 Å². The van der Waals surface area contributed by atoms with Crippen LogP contribution in [0.4, 0.5) is 0 Å². The molecule has 0 aromatic heterocycles. The molecule has 0 bridgehead atoms. The van der Waals surface area contributed by atoms with Crippen LogP contribution in [0, 0.1) is 0 Å². The van der Waals surface area contributed by atoms with Crippen molar-refractivity contribution in [3.8, 4) is 5.75 Å². The Morgan fingerprint density at radius 3 is 2.88 bits per heavy atom. The summed E-state index contributed by atoms with van der Waals surface area (Å²) in [4.78, 5) is 11.9. The summed E-state index contributed by atoms with van der Waals surface area (Å²) < 4.78 is 0. The largest absolute Gasteiger partial charge is 0.506 e. The number of hydrogen-bond acceptors (Lipinski definition) is 2. The molecule has 0 radical (unpaired) electrons. The Morgan fingerprint density at radius 2 is 2.24 bits per heavy atom. The second-order valence-corrected chi connectivity index (χ2v) is 4.53. The minimum atomic E-state index is -0.146. The number of halogens is 1. The fourth-order valence-corrected chi connectivity index (χ4v) is 2.02. The lowest BCUT2D eigenvalue weighted by Crippen LogP contribution is -2.35. The Kier molecular flexibility index (Phi) is 3.69. The number of nitrogens with one attached hydrogen (secondary N) is 1. The molecule has 1 aromatic carbocycles. The molecule has 0 fully saturated rings. The summed E-state index contributed by atoms with van der Waals surface area (Å²) in [6.45, 7) is 0. The van der Waals surface area contributed by atoms with Crippen molar-refractivity contribution in [1.82, 2.24) is 5.32 Å². The first-order valence-corrected chi connectivity index (χ1v) is 5.99. The Balaban J connectivity index is 2.03. The van der Waals surface area contributed by atoms with Crippen LogP contribution < -0.4 is 5.32 Å². The lowest BCUT2D eigenvalue weighted by molar-refractivity contribution is 0.0934. The summed E-state index contributed by atoms with van der Waals surface area (Å²) in [6.07, 6.45) is 7.05. The number of phenolic OH excluding ortho intramolecular Hbond substituents is 1. The summed E-state index contributed by atoms with van der Waals surface area (Å²) in [5.41, 5.74) is 0.474. The highest BCUT2D eigenvalue weighted by Gasteiger charge is 2.14. The molecule has 17 heavy (non-hydrogen) atoms. The van der Waals surface area contributed by atoms with E-state index in [0.717, 1.165) is 19.3 Å². The molecule has 0 saturated carbocycles. The van der Waals surface area contributed by atoms with Gasteiger partial charge in [0.05, 0.1) is 5.02 Å². The van der Waals surface area contributed by atoms with Gasteiger partial charge in [-0.25, -0.2) is 0 Å². The van der Waals surface area contributed by atoms with Gasteiger partial charge in [-0.3, -0.25) is 4.79 Å². The van der Waals surface area contributed by atoms with Crippen LogP contribution in [-0.4, -0.2) is 17.1 Å². The van der Waals surface area contributed by atoms with Crippen molar-refractivity contribution in [2.24, 2.45) is 0 Å². The van der Waals surface area contributed by atoms with Gasteiger partial charge >= 0.3 is 0 Å². The average Bonchev–Trinajstić information content (AvgIpc) is 2.34. The Hall–Kier alpha value is -1.48. The second kappa shape index (κ2) is 5.23. The third-order valence-corrected chi connectivity index (χ3v) is 3.12. The summed E-state index contributed by atoms with van der Waals surface area (Å²) in [5, 5.41) is 12.4. The van der Waals surface area contributed by atoms with E-state index in [2.05, 4.69) is 17.5 Å². The number of carbonyl (C=O) groups is 1. The van der Waals surface area contributed by atoms with Gasteiger partial charge in [-0.2, -0.15) is 0 Å². The molecule has 90 valence electrons. The third kappa shape index (κ3) is 3.01. The summed E-state index contributed by atoms with van der Waals surface area (Å²) >= 11 is 5.76. The normalized spacial score (nSPS) is 19.0. The van der Waals surface area contributed by atoms with E-state index in [9.17, 15) is 9.90 Å². The molecule has 0 spiro atoms. The van der Waals surface area contributed by atoms with E-state index in [0.29, 0.717) is 5.56 Å². The molecule has 0 heterocycles. The number of benzene rings is 1. The van der Waals surface area contributed by atoms with Crippen molar-refractivity contribution in [2.45, 2.75) is 25.3 Å². The molecule has 0 aliphatic heterocycles. The molecule has 1 aliphatic rings. The van der Waals surface area contributed by atoms with Crippen molar-refractivity contribution in [3.05, 3.63) is 40.9 Å². The molecule has 1 atom stereocenters. The quantitative estimate of drug-likeness (QED) is 0.794. The SMILES string of the molecule is O=C(NC1CC=CCC1)c1ccc(O)c(Cl)c1. The van der Waals surface area contributed by atoms with Gasteiger partial charge in [-0.05, 0) is 37.5 Å². The van der Waals surface area contributed by atoms with Gasteiger partial charge in [0.15, 0.2) is 0 Å². The maximum absolute atomic E-state index is 11.9. The van der Waals surface area contributed by atoms with Crippen molar-refractivity contribution < 1.29 is 9.90 Å². The second-order valence-electron chi connectivity index (χ2n) is 4.12. The standard InChI is InChI=1S/C13H14ClNO2/c14-11-8-9(6-7-12(11)16)13(17)15-10-4-2-1-3-5-10/h1-2,6-8,10,16H,3-5H2,(H,15,17). The topological polar surface area (TPSA) is 49.3 Å². The van der Waals surface area contributed by atoms with E-state index in [1.54, 1.807) is 6.07 Å². The van der Waals surface area contributed by atoms with Crippen LogP contribution in [-0.2, 0) is 0 Å². The summed E-state index contributed by atoms with van der Waals surface area (Å²) in [6, 6.07) is 4.66. The van der Waals surface area contributed by atoms with Gasteiger partial charge < -0.3 is 10.4 Å². The van der Waals surface area contributed by atoms with Gasteiger partial charge in [0.25, 0.3) is 5.91 Å². The van der Waals surface area contributed by atoms with Crippen LogP contribution in [0.3, 0.4) is 0 Å². The fraction of sp³-hybridized carbons (Fsp3) is 0.308. The van der Waals surface area contributed by atoms with E-state index in [-0.39, 0.29) is 22.7 Å². The van der Waals surface area contributed by atoms with Crippen molar-refractivity contribution >= 4 is 17.5 Å². The monoisotopic (exact) mass is 251 g/mol. The summed E-state index contributed by atoms with van der Waals surface area (Å²) in [5.74, 6) is -0.156. The van der Waals surface area contributed by atoms with E-state index in [1.807, 2.05) is 0 Å². The minimum absolute atomic E-state index is 0.0104. The molecule has 0 saturated heterocycles. The van der Waals surface area contributed by atoms with Crippen molar-refractivity contribution in [2.75, 3.05) is 0 Å². The van der Waals surface area contributed by atoms with Crippen LogP contribution in [0.15, 0.2) is 30.4 Å². The molecule has 2 rings (SSSR count). The van der Waals surface area contributed by atoms with E-state index in [1.165, 1.54) is 12.1 Å². The highest BCUT2D eigenvalue weighted by molar-refractivity contribution is 6.32. The predicted octanol–water partition coefficient (Wildman–Crippen LogP) is 2.88. The number of allylic oxidation sites excluding steroid dienone is 1. The minimum Gasteiger partial charge on any atom is -0.506 e. The lowest BCUT2D eigenvalue weighted by atomic mass is 10.0. The highest BCUT2D eigenvalue weighted by atomic mass is 35.5. The van der Waals surface area contributed by atoms with Gasteiger partial charge in [0.2, 0.25) is 0 Å². The maximum atomic E-state index is 11.9. The smallest absolute Gasteiger partial charge is 0.251 e. The van der Waals surface area contributed by atoms with E-state index < -0.39 is 0 Å². The fourth-order valence-electron chi connectivity index (χ4n) is 1.84. The Labute approximate surface area is 105 Å². The number of rotatable bonds is 2. The Bertz CT molecular complexity index is 457. The van der Waals surface area contributed by atoms with Gasteiger partial charge in [0, 0.05) is 11.6 Å². The van der Waals surface area contributed by atoms with E-state index >= 15 is 0 Å². The summed E-state index contributed by atoms with van der Waals surface area (Å²) in [7, 11) is 0. The average molecular weight is 252 g/mol. The molecule has 1 aliphatic carbocycles. The van der Waals surface area contributed by atoms with Crippen molar-refractivity contribution in [1.29, 1.82) is 0 Å². The van der Waals surface area contributed by atoms with Crippen LogP contribution in [0.1, 0.15) is 29.6 Å². The highest BCUT2D eigenvalue weighted by Crippen LogP contribution is 2.23. The third-order valence-electron chi connectivity index (χ3n) is 2.81. The molecule has 2 N–H and O–H groups in total. The molecule has 4 heteroatoms. The number of hydrogen-bond donors (Lipinski definition) is 2. The van der Waals surface area contributed by atoms with Gasteiger partial charge in [0.1, 0.15) is 5.75 Å². The zero-order chi connectivity index (χ0) is 12.3. The van der Waals surface area contributed by atoms with Crippen LogP contribution in [0.5, 0.6) is 5.75 Å². The van der Waals surface area contributed by atoms with Gasteiger partial charge in [-0.1, -0.05) is 23.8 Å². The first-order chi connectivity index (χ1) is 8.16. The van der Waals surface area contributed by atoms with E-state index in [4.69, 9.17) is 11.6 Å². The number of carbonyl (C=O) groups excluding carboxylic acids is 1. The molecule has 1 amide bonds. The molecule has 3 nitrogen and oxygen atoms in total. The number of amides is 1. The zero-order valence-electron chi connectivity index (χ0n) is 9.32. The number of phenols is 1. The zero-order valence-corrected chi connectivity index (χ0v) is 10.1.